The van der Waals surface area contributed by atoms with Gasteiger partial charge in [-0.05, 0) is 47.4 Å². The van der Waals surface area contributed by atoms with E-state index < -0.39 is 0 Å². The molecule has 0 bridgehead atoms. The zero-order valence-corrected chi connectivity index (χ0v) is 14.2. The van der Waals surface area contributed by atoms with Crippen LogP contribution >= 0.6 is 0 Å². The number of hydrogen-bond acceptors (Lipinski definition) is 4. The number of hydrogen-bond donors (Lipinski definition) is 1. The summed E-state index contributed by atoms with van der Waals surface area (Å²) in [5.74, 6) is 0.333. The molecule has 128 valence electrons. The van der Waals surface area contributed by atoms with Crippen molar-refractivity contribution < 1.29 is 9.84 Å². The number of rotatable bonds is 3. The molecule has 0 aromatic heterocycles. The maximum Gasteiger partial charge on any atom is 0.116 e. The van der Waals surface area contributed by atoms with Crippen molar-refractivity contribution in [2.24, 2.45) is 0 Å². The smallest absolute Gasteiger partial charge is 0.116 e. The standard InChI is InChI=1S/C20H26N2O2/c23-20-4-3-17-13-16(1-2-18(17)14-20)15-21-7-9-22(10-8-21)19-5-11-24-12-6-19/h1-4,13-14,19,23H,5-12,15H2. The first-order valence-electron chi connectivity index (χ1n) is 9.04. The zero-order chi connectivity index (χ0) is 16.4. The minimum atomic E-state index is 0.333. The van der Waals surface area contributed by atoms with Gasteiger partial charge in [-0.1, -0.05) is 18.2 Å². The molecule has 0 radical (unpaired) electrons. The van der Waals surface area contributed by atoms with Crippen LogP contribution in [-0.4, -0.2) is 60.3 Å². The van der Waals surface area contributed by atoms with Crippen molar-refractivity contribution in [2.75, 3.05) is 39.4 Å². The minimum Gasteiger partial charge on any atom is -0.508 e. The Balaban J connectivity index is 1.35. The van der Waals surface area contributed by atoms with Crippen LogP contribution in [0.4, 0.5) is 0 Å². The molecule has 0 saturated carbocycles. The topological polar surface area (TPSA) is 35.9 Å². The van der Waals surface area contributed by atoms with Gasteiger partial charge in [0.05, 0.1) is 0 Å². The Morgan fingerprint density at radius 1 is 0.917 bits per heavy atom. The van der Waals surface area contributed by atoms with Crippen molar-refractivity contribution in [1.29, 1.82) is 0 Å². The van der Waals surface area contributed by atoms with Crippen molar-refractivity contribution in [1.82, 2.24) is 9.80 Å². The molecule has 0 unspecified atom stereocenters. The Kier molecular flexibility index (Phi) is 4.69. The van der Waals surface area contributed by atoms with Crippen LogP contribution in [0.25, 0.3) is 10.8 Å². The minimum absolute atomic E-state index is 0.333. The molecule has 4 heteroatoms. The number of benzene rings is 2. The van der Waals surface area contributed by atoms with E-state index in [0.717, 1.165) is 44.3 Å². The van der Waals surface area contributed by atoms with Crippen LogP contribution in [-0.2, 0) is 11.3 Å². The van der Waals surface area contributed by atoms with Gasteiger partial charge in [0, 0.05) is 52.0 Å². The normalized spacial score (nSPS) is 21.3. The second kappa shape index (κ2) is 7.09. The van der Waals surface area contributed by atoms with E-state index in [1.54, 1.807) is 6.07 Å². The second-order valence-electron chi connectivity index (χ2n) is 7.02. The molecule has 1 N–H and O–H groups in total. The lowest BCUT2D eigenvalue weighted by molar-refractivity contribution is 0.0126. The van der Waals surface area contributed by atoms with E-state index in [0.29, 0.717) is 5.75 Å². The molecule has 0 spiro atoms. The number of phenolic OH excluding ortho intramolecular Hbond substituents is 1. The number of nitrogens with zero attached hydrogens (tertiary/aromatic N) is 2. The SMILES string of the molecule is Oc1ccc2cc(CN3CCN(C4CCOCC4)CC3)ccc2c1. The van der Waals surface area contributed by atoms with Crippen molar-refractivity contribution in [3.8, 4) is 5.75 Å². The molecule has 2 saturated heterocycles. The van der Waals surface area contributed by atoms with Crippen LogP contribution in [0.1, 0.15) is 18.4 Å². The van der Waals surface area contributed by atoms with Gasteiger partial charge in [0.25, 0.3) is 0 Å². The molecule has 2 aliphatic heterocycles. The summed E-state index contributed by atoms with van der Waals surface area (Å²) < 4.78 is 5.48. The summed E-state index contributed by atoms with van der Waals surface area (Å²) in [6, 6.07) is 12.9. The van der Waals surface area contributed by atoms with Crippen molar-refractivity contribution in [3.63, 3.8) is 0 Å². The Hall–Kier alpha value is -1.62. The van der Waals surface area contributed by atoms with Crippen LogP contribution in [0.15, 0.2) is 36.4 Å². The molecule has 2 fully saturated rings. The van der Waals surface area contributed by atoms with E-state index in [-0.39, 0.29) is 0 Å². The largest absolute Gasteiger partial charge is 0.508 e. The predicted octanol–water partition coefficient (Wildman–Crippen LogP) is 2.84. The number of piperazine rings is 1. The molecular weight excluding hydrogens is 300 g/mol. The van der Waals surface area contributed by atoms with E-state index >= 15 is 0 Å². The molecule has 0 aliphatic carbocycles. The van der Waals surface area contributed by atoms with Gasteiger partial charge >= 0.3 is 0 Å². The molecule has 24 heavy (non-hydrogen) atoms. The van der Waals surface area contributed by atoms with E-state index in [9.17, 15) is 5.11 Å². The number of aromatic hydroxyl groups is 1. The lowest BCUT2D eigenvalue weighted by atomic mass is 10.0. The molecule has 2 heterocycles. The van der Waals surface area contributed by atoms with E-state index in [2.05, 4.69) is 28.0 Å². The molecule has 4 rings (SSSR count). The Labute approximate surface area is 143 Å². The highest BCUT2D eigenvalue weighted by Gasteiger charge is 2.25. The summed E-state index contributed by atoms with van der Waals surface area (Å²) in [6.45, 7) is 7.50. The van der Waals surface area contributed by atoms with Gasteiger partial charge in [0.1, 0.15) is 5.75 Å². The Bertz CT molecular complexity index is 689. The van der Waals surface area contributed by atoms with Gasteiger partial charge in [-0.2, -0.15) is 0 Å². The summed E-state index contributed by atoms with van der Waals surface area (Å²) in [5, 5.41) is 11.9. The highest BCUT2D eigenvalue weighted by atomic mass is 16.5. The Morgan fingerprint density at radius 3 is 2.42 bits per heavy atom. The number of fused-ring (bicyclic) bond motifs is 1. The summed E-state index contributed by atoms with van der Waals surface area (Å²) in [5.41, 5.74) is 1.35. The third-order valence-corrected chi connectivity index (χ3v) is 5.41. The van der Waals surface area contributed by atoms with Crippen LogP contribution < -0.4 is 0 Å². The van der Waals surface area contributed by atoms with Gasteiger partial charge < -0.3 is 9.84 Å². The first kappa shape index (κ1) is 15.9. The molecule has 2 aliphatic rings. The molecule has 0 amide bonds. The first-order valence-corrected chi connectivity index (χ1v) is 9.04. The quantitative estimate of drug-likeness (QED) is 0.941. The lowest BCUT2D eigenvalue weighted by Gasteiger charge is -2.40. The molecular formula is C20H26N2O2. The first-order chi connectivity index (χ1) is 11.8. The third-order valence-electron chi connectivity index (χ3n) is 5.41. The second-order valence-corrected chi connectivity index (χ2v) is 7.02. The van der Waals surface area contributed by atoms with Crippen molar-refractivity contribution >= 4 is 10.8 Å². The van der Waals surface area contributed by atoms with Crippen LogP contribution in [0.2, 0.25) is 0 Å². The summed E-state index contributed by atoms with van der Waals surface area (Å²) in [4.78, 5) is 5.21. The van der Waals surface area contributed by atoms with Gasteiger partial charge in [0.15, 0.2) is 0 Å². The fourth-order valence-corrected chi connectivity index (χ4v) is 3.98. The van der Waals surface area contributed by atoms with Gasteiger partial charge in [-0.25, -0.2) is 0 Å². The van der Waals surface area contributed by atoms with Gasteiger partial charge in [-0.15, -0.1) is 0 Å². The number of ether oxygens (including phenoxy) is 1. The lowest BCUT2D eigenvalue weighted by Crippen LogP contribution is -2.51. The van der Waals surface area contributed by atoms with Gasteiger partial charge in [0.2, 0.25) is 0 Å². The average Bonchev–Trinajstić information content (AvgIpc) is 2.63. The van der Waals surface area contributed by atoms with Crippen molar-refractivity contribution in [2.45, 2.75) is 25.4 Å². The fourth-order valence-electron chi connectivity index (χ4n) is 3.98. The van der Waals surface area contributed by atoms with E-state index in [1.165, 1.54) is 36.9 Å². The Morgan fingerprint density at radius 2 is 1.62 bits per heavy atom. The summed E-state index contributed by atoms with van der Waals surface area (Å²) in [6.07, 6.45) is 2.38. The van der Waals surface area contributed by atoms with Gasteiger partial charge in [-0.3, -0.25) is 9.80 Å². The number of phenols is 1. The summed E-state index contributed by atoms with van der Waals surface area (Å²) in [7, 11) is 0. The molecule has 2 aromatic carbocycles. The van der Waals surface area contributed by atoms with Crippen LogP contribution in [0.3, 0.4) is 0 Å². The van der Waals surface area contributed by atoms with Crippen LogP contribution in [0, 0.1) is 0 Å². The fraction of sp³-hybridized carbons (Fsp3) is 0.500. The highest BCUT2D eigenvalue weighted by molar-refractivity contribution is 5.84. The maximum atomic E-state index is 9.57. The van der Waals surface area contributed by atoms with E-state index in [4.69, 9.17) is 4.74 Å². The molecule has 2 aromatic rings. The maximum absolute atomic E-state index is 9.57. The van der Waals surface area contributed by atoms with Crippen LogP contribution in [0.5, 0.6) is 5.75 Å². The average molecular weight is 326 g/mol. The highest BCUT2D eigenvalue weighted by Crippen LogP contribution is 2.22. The van der Waals surface area contributed by atoms with Crippen molar-refractivity contribution in [3.05, 3.63) is 42.0 Å². The molecule has 0 atom stereocenters. The molecule has 4 nitrogen and oxygen atoms in total. The summed E-state index contributed by atoms with van der Waals surface area (Å²) >= 11 is 0. The van der Waals surface area contributed by atoms with E-state index in [1.807, 2.05) is 12.1 Å². The predicted molar refractivity (Wildman–Crippen MR) is 96.3 cm³/mol. The third kappa shape index (κ3) is 3.56. The monoisotopic (exact) mass is 326 g/mol. The zero-order valence-electron chi connectivity index (χ0n) is 14.2.